The van der Waals surface area contributed by atoms with Crippen LogP contribution >= 0.6 is 0 Å². The van der Waals surface area contributed by atoms with Crippen molar-refractivity contribution in [2.45, 2.75) is 32.2 Å². The summed E-state index contributed by atoms with van der Waals surface area (Å²) in [6, 6.07) is 13.3. The van der Waals surface area contributed by atoms with E-state index in [-0.39, 0.29) is 67.8 Å². The van der Waals surface area contributed by atoms with E-state index in [0.29, 0.717) is 0 Å². The third-order valence-electron chi connectivity index (χ3n) is 7.54. The number of anilines is 2. The molecule has 0 saturated carbocycles. The average Bonchev–Trinajstić information content (AvgIpc) is 3.04. The molecule has 4 aromatic rings. The number of nitriles is 2. The summed E-state index contributed by atoms with van der Waals surface area (Å²) in [7, 11) is -4.40. The number of hydrazine groups is 1. The van der Waals surface area contributed by atoms with E-state index < -0.39 is 43.3 Å². The molecule has 0 aliphatic carbocycles. The van der Waals surface area contributed by atoms with Gasteiger partial charge < -0.3 is 9.67 Å². The van der Waals surface area contributed by atoms with Gasteiger partial charge in [-0.05, 0) is 57.2 Å². The predicted octanol–water partition coefficient (Wildman–Crippen LogP) is 5.03. The highest BCUT2D eigenvalue weighted by molar-refractivity contribution is 7.92. The van der Waals surface area contributed by atoms with Crippen molar-refractivity contribution >= 4 is 61.2 Å². The molecule has 48 heavy (non-hydrogen) atoms. The SMILES string of the molecule is CCn1cc(C(=O)O)c(=O)c2cc(F)c(NN3C(C)=Nc4ccc(S(=O)(=O)Nc5cccc([N+](=O)[O-])c5C)cc4C3=C(C#N)C#N)cc21. The minimum atomic E-state index is -4.40. The highest BCUT2D eigenvalue weighted by Crippen LogP contribution is 2.39. The molecule has 242 valence electrons. The van der Waals surface area contributed by atoms with Gasteiger partial charge in [0.25, 0.3) is 15.7 Å². The number of aromatic carboxylic acids is 1. The normalized spacial score (nSPS) is 12.4. The first-order chi connectivity index (χ1) is 22.7. The Hall–Kier alpha value is -6.59. The highest BCUT2D eigenvalue weighted by atomic mass is 32.2. The Morgan fingerprint density at radius 3 is 2.46 bits per heavy atom. The lowest BCUT2D eigenvalue weighted by Crippen LogP contribution is -2.36. The molecule has 3 N–H and O–H groups in total. The zero-order chi connectivity index (χ0) is 35.1. The van der Waals surface area contributed by atoms with Gasteiger partial charge >= 0.3 is 5.97 Å². The van der Waals surface area contributed by atoms with Crippen LogP contribution in [0, 0.1) is 45.5 Å². The minimum Gasteiger partial charge on any atom is -0.477 e. The molecule has 0 radical (unpaired) electrons. The van der Waals surface area contributed by atoms with Crippen molar-refractivity contribution in [3.63, 3.8) is 0 Å². The molecule has 5 rings (SSSR count). The summed E-state index contributed by atoms with van der Waals surface area (Å²) in [5.41, 5.74) is 0.517. The van der Waals surface area contributed by atoms with Gasteiger partial charge in [-0.1, -0.05) is 6.07 Å². The summed E-state index contributed by atoms with van der Waals surface area (Å²) in [5.74, 6) is -2.33. The number of nitro benzene ring substituents is 1. The lowest BCUT2D eigenvalue weighted by Gasteiger charge is -2.32. The number of sulfonamides is 1. The van der Waals surface area contributed by atoms with E-state index in [9.17, 15) is 43.8 Å². The van der Waals surface area contributed by atoms with Crippen LogP contribution in [0.25, 0.3) is 16.6 Å². The molecule has 0 saturated heterocycles. The number of pyridine rings is 1. The Morgan fingerprint density at radius 2 is 1.83 bits per heavy atom. The summed E-state index contributed by atoms with van der Waals surface area (Å²) in [5, 5.41) is 41.5. The fraction of sp³-hybridized carbons (Fsp3) is 0.129. The number of benzene rings is 3. The van der Waals surface area contributed by atoms with E-state index in [0.717, 1.165) is 23.3 Å². The molecule has 17 heteroatoms. The first-order valence-electron chi connectivity index (χ1n) is 13.9. The molecule has 0 fully saturated rings. The molecule has 1 aliphatic heterocycles. The second-order valence-electron chi connectivity index (χ2n) is 10.4. The number of hydrogen-bond acceptors (Lipinski definition) is 11. The van der Waals surface area contributed by atoms with E-state index >= 15 is 4.39 Å². The number of nitrogens with one attached hydrogen (secondary N) is 2. The molecule has 15 nitrogen and oxygen atoms in total. The molecular weight excluding hydrogens is 647 g/mol. The zero-order valence-corrected chi connectivity index (χ0v) is 26.1. The van der Waals surface area contributed by atoms with Crippen molar-refractivity contribution in [2.75, 3.05) is 10.1 Å². The Labute approximate surface area is 271 Å². The van der Waals surface area contributed by atoms with Crippen molar-refractivity contribution in [1.29, 1.82) is 10.5 Å². The summed E-state index contributed by atoms with van der Waals surface area (Å²) >= 11 is 0. The van der Waals surface area contributed by atoms with Crippen LogP contribution in [0.15, 0.2) is 75.0 Å². The van der Waals surface area contributed by atoms with E-state index in [2.05, 4.69) is 15.1 Å². The number of hydrogen-bond donors (Lipinski definition) is 3. The number of aliphatic imine (C=N–C) groups is 1. The van der Waals surface area contributed by atoms with Gasteiger partial charge in [-0.25, -0.2) is 27.6 Å². The van der Waals surface area contributed by atoms with Crippen LogP contribution < -0.4 is 15.6 Å². The van der Waals surface area contributed by atoms with Gasteiger partial charge in [0, 0.05) is 29.8 Å². The van der Waals surface area contributed by atoms with Gasteiger partial charge in [0.15, 0.2) is 5.57 Å². The van der Waals surface area contributed by atoms with Gasteiger partial charge in [-0.3, -0.25) is 25.1 Å². The Morgan fingerprint density at radius 1 is 1.12 bits per heavy atom. The first kappa shape index (κ1) is 32.8. The number of fused-ring (bicyclic) bond motifs is 2. The molecule has 1 aromatic heterocycles. The second kappa shape index (κ2) is 12.3. The third-order valence-corrected chi connectivity index (χ3v) is 8.91. The number of halogens is 1. The molecule has 0 atom stereocenters. The number of nitrogens with zero attached hydrogens (tertiary/aromatic N) is 6. The van der Waals surface area contributed by atoms with Gasteiger partial charge in [-0.15, -0.1) is 0 Å². The van der Waals surface area contributed by atoms with Gasteiger partial charge in [0.2, 0.25) is 5.43 Å². The quantitative estimate of drug-likeness (QED) is 0.128. The lowest BCUT2D eigenvalue weighted by atomic mass is 10.0. The maximum Gasteiger partial charge on any atom is 0.341 e. The van der Waals surface area contributed by atoms with Crippen LogP contribution in [0.2, 0.25) is 0 Å². The highest BCUT2D eigenvalue weighted by Gasteiger charge is 2.30. The molecule has 0 amide bonds. The van der Waals surface area contributed by atoms with E-state index in [1.807, 2.05) is 0 Å². The van der Waals surface area contributed by atoms with Crippen LogP contribution in [0.5, 0.6) is 0 Å². The lowest BCUT2D eigenvalue weighted by molar-refractivity contribution is -0.385. The first-order valence-corrected chi connectivity index (χ1v) is 15.4. The Balaban J connectivity index is 1.63. The topological polar surface area (TPSA) is 224 Å². The van der Waals surface area contributed by atoms with E-state index in [1.165, 1.54) is 54.8 Å². The van der Waals surface area contributed by atoms with Crippen LogP contribution in [0.1, 0.15) is 35.3 Å². The number of carbonyl (C=O) groups is 1. The number of allylic oxidation sites excluding steroid dienone is 1. The number of aryl methyl sites for hydroxylation is 1. The molecule has 3 aromatic carbocycles. The number of carboxylic acids is 1. The number of carboxylic acid groups (broad SMARTS) is 1. The fourth-order valence-corrected chi connectivity index (χ4v) is 6.30. The number of nitro groups is 1. The number of rotatable bonds is 8. The van der Waals surface area contributed by atoms with Crippen LogP contribution in [-0.2, 0) is 16.6 Å². The van der Waals surface area contributed by atoms with Crippen LogP contribution in [0.4, 0.5) is 27.1 Å². The van der Waals surface area contributed by atoms with Crippen LogP contribution in [-0.4, -0.2) is 39.8 Å². The molecule has 2 heterocycles. The predicted molar refractivity (Wildman–Crippen MR) is 172 cm³/mol. The number of aromatic nitrogens is 1. The van der Waals surface area contributed by atoms with Crippen molar-refractivity contribution in [3.05, 3.63) is 103 Å². The van der Waals surface area contributed by atoms with Crippen molar-refractivity contribution in [2.24, 2.45) is 4.99 Å². The number of amidine groups is 1. The van der Waals surface area contributed by atoms with Gasteiger partial charge in [-0.2, -0.15) is 10.5 Å². The van der Waals surface area contributed by atoms with Crippen LogP contribution in [0.3, 0.4) is 0 Å². The fourth-order valence-electron chi connectivity index (χ4n) is 5.16. The standard InChI is InChI=1S/C31H23FN8O7S/c1-4-38-15-22(31(42)43)30(41)21-11-23(32)26(12-28(21)38)36-39-17(3)35-25-9-8-19(10-20(25)29(39)18(13-33)14-34)48(46,47)37-24-6-5-7-27(16(24)2)40(44)45/h5-12,15,36-37H,4H2,1-3H3,(H,42,43). The molecular formula is C31H23FN8O7S. The van der Waals surface area contributed by atoms with Crippen molar-refractivity contribution in [3.8, 4) is 12.1 Å². The molecule has 0 bridgehead atoms. The summed E-state index contributed by atoms with van der Waals surface area (Å²) in [4.78, 5) is 39.3. The minimum absolute atomic E-state index is 0.00241. The summed E-state index contributed by atoms with van der Waals surface area (Å²) < 4.78 is 46.3. The van der Waals surface area contributed by atoms with Gasteiger partial charge in [0.1, 0.15) is 35.1 Å². The average molecular weight is 671 g/mol. The van der Waals surface area contributed by atoms with Gasteiger partial charge in [0.05, 0.1) is 38.0 Å². The smallest absolute Gasteiger partial charge is 0.341 e. The Kier molecular flexibility index (Phi) is 8.41. The summed E-state index contributed by atoms with van der Waals surface area (Å²) in [6.07, 6.45) is 1.14. The second-order valence-corrected chi connectivity index (χ2v) is 12.0. The maximum absolute atomic E-state index is 15.6. The summed E-state index contributed by atoms with van der Waals surface area (Å²) in [6.45, 7) is 4.78. The largest absolute Gasteiger partial charge is 0.477 e. The van der Waals surface area contributed by atoms with E-state index in [1.54, 1.807) is 19.1 Å². The maximum atomic E-state index is 15.6. The molecule has 0 spiro atoms. The third kappa shape index (κ3) is 5.65. The van der Waals surface area contributed by atoms with Crippen molar-refractivity contribution in [1.82, 2.24) is 9.58 Å². The van der Waals surface area contributed by atoms with E-state index in [4.69, 9.17) is 0 Å². The molecule has 0 unspecified atom stereocenters. The zero-order valence-electron chi connectivity index (χ0n) is 25.3. The molecule has 1 aliphatic rings. The monoisotopic (exact) mass is 670 g/mol. The Bertz CT molecular complexity index is 2390. The van der Waals surface area contributed by atoms with Crippen molar-refractivity contribution < 1.29 is 27.6 Å².